The fraction of sp³-hybridized carbons (Fsp3) is 0.0857. The van der Waals surface area contributed by atoms with Gasteiger partial charge in [-0.2, -0.15) is 0 Å². The first-order valence-corrected chi connectivity index (χ1v) is 14.2. The zero-order valence-electron chi connectivity index (χ0n) is 26.0. The molecule has 17 heteroatoms. The van der Waals surface area contributed by atoms with Gasteiger partial charge in [0.1, 0.15) is 28.7 Å². The topological polar surface area (TPSA) is 142 Å². The van der Waals surface area contributed by atoms with Crippen LogP contribution < -0.4 is 45.8 Å². The van der Waals surface area contributed by atoms with Crippen molar-refractivity contribution in [3.05, 3.63) is 140 Å². The molecule has 0 bridgehead atoms. The van der Waals surface area contributed by atoms with E-state index >= 15 is 0 Å². The molecule has 0 saturated heterocycles. The Bertz CT molecular complexity index is 1710. The average Bonchev–Trinajstić information content (AvgIpc) is 3.09. The highest BCUT2D eigenvalue weighted by Crippen LogP contribution is 2.25. The van der Waals surface area contributed by atoms with Gasteiger partial charge >= 0.3 is 25.0 Å². The maximum atomic E-state index is 12.0. The summed E-state index contributed by atoms with van der Waals surface area (Å²) in [6.45, 7) is 0. The zero-order chi connectivity index (χ0) is 37.1. The minimum atomic E-state index is -4.74. The quantitative estimate of drug-likeness (QED) is 0.0400. The summed E-state index contributed by atoms with van der Waals surface area (Å²) in [4.78, 5) is 22.8. The molecule has 0 aliphatic heterocycles. The number of alkyl halides is 6. The van der Waals surface area contributed by atoms with Gasteiger partial charge in [-0.25, -0.2) is 15.0 Å². The molecule has 11 nitrogen and oxygen atoms in total. The van der Waals surface area contributed by atoms with Crippen molar-refractivity contribution in [1.29, 1.82) is 0 Å². The monoisotopic (exact) mass is 734 g/mol. The number of amides is 1. The number of hydrogen-bond donors (Lipinski definition) is 4. The van der Waals surface area contributed by atoms with Gasteiger partial charge in [-0.15, -0.1) is 26.3 Å². The summed E-state index contributed by atoms with van der Waals surface area (Å²) in [7, 11) is 0. The Kier molecular flexibility index (Phi) is 16.6. The van der Waals surface area contributed by atoms with Crippen LogP contribution in [0.15, 0.2) is 140 Å². The first-order valence-electron chi connectivity index (χ1n) is 14.2. The molecule has 5 rings (SSSR count). The third-order valence-corrected chi connectivity index (χ3v) is 5.49. The number of ether oxygens (including phenoxy) is 5. The number of nitrogen functional groups attached to an aromatic ring is 1. The Hall–Kier alpha value is -6.62. The maximum Gasteiger partial charge on any atom is 0.573 e. The summed E-state index contributed by atoms with van der Waals surface area (Å²) < 4.78 is 93.2. The summed E-state index contributed by atoms with van der Waals surface area (Å²) in [5.74, 6) is 5.67. The van der Waals surface area contributed by atoms with Crippen molar-refractivity contribution in [2.24, 2.45) is 5.84 Å². The van der Waals surface area contributed by atoms with Crippen molar-refractivity contribution in [3.8, 4) is 28.7 Å². The van der Waals surface area contributed by atoms with Crippen LogP contribution in [0.2, 0.25) is 0 Å². The number of anilines is 2. The molecule has 0 radical (unpaired) electrons. The lowest BCUT2D eigenvalue weighted by atomic mass is 10.3. The first kappa shape index (κ1) is 41.6. The van der Waals surface area contributed by atoms with Crippen LogP contribution in [0.25, 0.3) is 0 Å². The van der Waals surface area contributed by atoms with Crippen molar-refractivity contribution in [2.75, 3.05) is 10.9 Å². The third kappa shape index (κ3) is 17.7. The summed E-state index contributed by atoms with van der Waals surface area (Å²) in [5.41, 5.74) is 7.88. The van der Waals surface area contributed by atoms with E-state index in [0.717, 1.165) is 12.1 Å². The minimum absolute atomic E-state index is 0. The van der Waals surface area contributed by atoms with Crippen LogP contribution in [-0.4, -0.2) is 25.0 Å². The predicted octanol–water partition coefficient (Wildman–Crippen LogP) is 9.47. The molecule has 0 heterocycles. The maximum absolute atomic E-state index is 12.0. The standard InChI is InChI=1S/C14H11F3N2O3.C13H10O3.C7H7F3N2O.CH4/c15-14(16,17)22-12-8-6-10(7-9-12)18-19-13(20)21-11-4-2-1-3-5-11;14-13(15-11-7-3-1-4-8-11)16-12-9-5-2-6-10-12;8-7(9,10)13-6-3-1-5(12-11)2-4-6;/h1-9,18H,(H,19,20);1-10H;1-4,12H,11H2;1H4. The molecule has 0 saturated carbocycles. The number of carbonyl (C=O) groups excluding carboxylic acids is 2. The molecule has 1 amide bonds. The van der Waals surface area contributed by atoms with Crippen molar-refractivity contribution in [3.63, 3.8) is 0 Å². The van der Waals surface area contributed by atoms with Crippen LogP contribution in [0.4, 0.5) is 47.3 Å². The Morgan fingerprint density at radius 2 is 0.827 bits per heavy atom. The summed E-state index contributed by atoms with van der Waals surface area (Å²) in [6, 6.07) is 35.9. The second-order valence-electron chi connectivity index (χ2n) is 9.32. The lowest BCUT2D eigenvalue weighted by Gasteiger charge is -2.11. The molecule has 0 aliphatic rings. The van der Waals surface area contributed by atoms with E-state index in [-0.39, 0.29) is 18.9 Å². The van der Waals surface area contributed by atoms with Crippen molar-refractivity contribution in [2.45, 2.75) is 20.2 Å². The molecule has 5 aromatic rings. The molecule has 52 heavy (non-hydrogen) atoms. The number of carbonyl (C=O) groups is 2. The molecule has 0 atom stereocenters. The van der Waals surface area contributed by atoms with E-state index in [2.05, 4.69) is 25.8 Å². The largest absolute Gasteiger partial charge is 0.573 e. The highest BCUT2D eigenvalue weighted by Gasteiger charge is 2.31. The molecular weight excluding hydrogens is 702 g/mol. The number of rotatable bonds is 8. The van der Waals surface area contributed by atoms with E-state index in [9.17, 15) is 35.9 Å². The summed E-state index contributed by atoms with van der Waals surface area (Å²) in [6.07, 6.45) is -10.9. The number of benzene rings is 5. The lowest BCUT2D eigenvalue weighted by molar-refractivity contribution is -0.275. The van der Waals surface area contributed by atoms with Crippen molar-refractivity contribution in [1.82, 2.24) is 5.43 Å². The van der Waals surface area contributed by atoms with Gasteiger partial charge in [0.25, 0.3) is 0 Å². The van der Waals surface area contributed by atoms with E-state index in [1.54, 1.807) is 78.9 Å². The van der Waals surface area contributed by atoms with Crippen LogP contribution in [-0.2, 0) is 0 Å². The lowest BCUT2D eigenvalue weighted by Crippen LogP contribution is -2.32. The van der Waals surface area contributed by atoms with Gasteiger partial charge in [0.15, 0.2) is 0 Å². The second kappa shape index (κ2) is 20.8. The molecular formula is C35H32F6N4O7. The Morgan fingerprint density at radius 3 is 1.17 bits per heavy atom. The normalized spacial score (nSPS) is 10.2. The van der Waals surface area contributed by atoms with Gasteiger partial charge in [0.05, 0.1) is 5.69 Å². The molecule has 276 valence electrons. The molecule has 0 spiro atoms. The average molecular weight is 735 g/mol. The number of hydrazine groups is 2. The van der Waals surface area contributed by atoms with E-state index < -0.39 is 25.0 Å². The molecule has 0 aliphatic carbocycles. The second-order valence-corrected chi connectivity index (χ2v) is 9.32. The predicted molar refractivity (Wildman–Crippen MR) is 180 cm³/mol. The minimum Gasteiger partial charge on any atom is -0.409 e. The van der Waals surface area contributed by atoms with E-state index in [4.69, 9.17) is 20.1 Å². The van der Waals surface area contributed by atoms with Crippen LogP contribution in [0.1, 0.15) is 7.43 Å². The summed E-state index contributed by atoms with van der Waals surface area (Å²) >= 11 is 0. The van der Waals surface area contributed by atoms with E-state index in [1.807, 2.05) is 12.1 Å². The molecule has 0 aromatic heterocycles. The first-order chi connectivity index (χ1) is 24.3. The number of hydrogen-bond acceptors (Lipinski definition) is 10. The molecule has 5 aromatic carbocycles. The van der Waals surface area contributed by atoms with Crippen LogP contribution in [0, 0.1) is 0 Å². The Morgan fingerprint density at radius 1 is 0.481 bits per heavy atom. The fourth-order valence-corrected chi connectivity index (χ4v) is 3.43. The van der Waals surface area contributed by atoms with Gasteiger partial charge in [0, 0.05) is 5.69 Å². The van der Waals surface area contributed by atoms with Gasteiger partial charge < -0.3 is 29.1 Å². The highest BCUT2D eigenvalue weighted by molar-refractivity contribution is 5.72. The van der Waals surface area contributed by atoms with Crippen LogP contribution in [0.5, 0.6) is 28.7 Å². The molecule has 0 fully saturated rings. The fourth-order valence-electron chi connectivity index (χ4n) is 3.43. The van der Waals surface area contributed by atoms with Gasteiger partial charge in [-0.1, -0.05) is 62.0 Å². The van der Waals surface area contributed by atoms with Gasteiger partial charge in [-0.05, 0) is 84.9 Å². The summed E-state index contributed by atoms with van der Waals surface area (Å²) in [5, 5.41) is 0. The number of para-hydroxylation sites is 3. The number of nitrogens with two attached hydrogens (primary N) is 1. The third-order valence-electron chi connectivity index (χ3n) is 5.49. The smallest absolute Gasteiger partial charge is 0.409 e. The van der Waals surface area contributed by atoms with Crippen LogP contribution in [0.3, 0.4) is 0 Å². The van der Waals surface area contributed by atoms with Crippen molar-refractivity contribution < 1.29 is 59.6 Å². The molecule has 5 N–H and O–H groups in total. The number of nitrogens with one attached hydrogen (secondary N) is 3. The van der Waals surface area contributed by atoms with Gasteiger partial charge in [0.2, 0.25) is 0 Å². The van der Waals surface area contributed by atoms with E-state index in [0.29, 0.717) is 28.6 Å². The molecule has 0 unspecified atom stereocenters. The highest BCUT2D eigenvalue weighted by atomic mass is 19.4. The van der Waals surface area contributed by atoms with E-state index in [1.165, 1.54) is 36.4 Å². The van der Waals surface area contributed by atoms with Crippen molar-refractivity contribution >= 4 is 23.6 Å². The van der Waals surface area contributed by atoms with Crippen LogP contribution >= 0.6 is 0 Å². The Balaban J connectivity index is 0.000000278. The Labute approximate surface area is 293 Å². The zero-order valence-corrected chi connectivity index (χ0v) is 26.0. The van der Waals surface area contributed by atoms with Gasteiger partial charge in [-0.3, -0.25) is 11.3 Å². The number of halogens is 6. The SMILES string of the molecule is C.NNc1ccc(OC(F)(F)F)cc1.O=C(NNc1ccc(OC(F)(F)F)cc1)Oc1ccccc1.O=C(Oc1ccccc1)Oc1ccccc1.